The number of fused-ring (bicyclic) bond motifs is 1. The Bertz CT molecular complexity index is 1160. The Labute approximate surface area is 155 Å². The van der Waals surface area contributed by atoms with E-state index in [9.17, 15) is 4.79 Å². The molecule has 2 aromatic carbocycles. The zero-order valence-corrected chi connectivity index (χ0v) is 14.3. The maximum Gasteiger partial charge on any atom is 0.256 e. The molecule has 0 saturated carbocycles. The molecule has 0 unspecified atom stereocenters. The highest BCUT2D eigenvalue weighted by Crippen LogP contribution is 2.26. The molecule has 0 bridgehead atoms. The van der Waals surface area contributed by atoms with Gasteiger partial charge in [-0.05, 0) is 35.9 Å². The Kier molecular flexibility index (Phi) is 4.38. The first-order valence-corrected chi connectivity index (χ1v) is 8.46. The number of aromatic nitrogens is 1. The van der Waals surface area contributed by atoms with E-state index < -0.39 is 0 Å². The molecule has 0 fully saturated rings. The largest absolute Gasteiger partial charge is 0.463 e. The second-order valence-corrected chi connectivity index (χ2v) is 6.00. The van der Waals surface area contributed by atoms with E-state index in [1.807, 2.05) is 42.5 Å². The van der Waals surface area contributed by atoms with Gasteiger partial charge in [-0.3, -0.25) is 4.79 Å². The minimum absolute atomic E-state index is 0.227. The highest BCUT2D eigenvalue weighted by molar-refractivity contribution is 6.13. The minimum Gasteiger partial charge on any atom is -0.463 e. The van der Waals surface area contributed by atoms with E-state index in [1.165, 1.54) is 0 Å². The Morgan fingerprint density at radius 3 is 2.70 bits per heavy atom. The number of anilines is 1. The van der Waals surface area contributed by atoms with Crippen LogP contribution in [0.2, 0.25) is 0 Å². The molecule has 4 rings (SSSR count). The van der Waals surface area contributed by atoms with Gasteiger partial charge in [0.05, 0.1) is 29.8 Å². The monoisotopic (exact) mass is 353 g/mol. The predicted octanol–water partition coefficient (Wildman–Crippen LogP) is 4.81. The summed E-state index contributed by atoms with van der Waals surface area (Å²) in [6.07, 6.45) is 1.80. The first-order chi connectivity index (χ1) is 13.3. The number of carbonyl (C=O) groups is 1. The van der Waals surface area contributed by atoms with Gasteiger partial charge in [-0.25, -0.2) is 4.98 Å². The molecule has 0 spiro atoms. The number of rotatable bonds is 4. The van der Waals surface area contributed by atoms with E-state index >= 15 is 0 Å². The lowest BCUT2D eigenvalue weighted by Crippen LogP contribution is -2.14. The molecule has 0 saturated heterocycles. The number of nitrogens with zero attached hydrogens (tertiary/aromatic N) is 2. The number of hydrogen-bond donors (Lipinski definition) is 1. The first kappa shape index (κ1) is 16.6. The highest BCUT2D eigenvalue weighted by Gasteiger charge is 2.16. The summed E-state index contributed by atoms with van der Waals surface area (Å²) < 4.78 is 5.44. The van der Waals surface area contributed by atoms with Crippen LogP contribution in [0.5, 0.6) is 0 Å². The molecule has 2 heterocycles. The average molecular weight is 353 g/mol. The number of nitriles is 1. The second kappa shape index (κ2) is 7.14. The van der Waals surface area contributed by atoms with Crippen molar-refractivity contribution in [2.24, 2.45) is 0 Å². The van der Waals surface area contributed by atoms with Crippen molar-refractivity contribution >= 4 is 22.5 Å². The van der Waals surface area contributed by atoms with Crippen LogP contribution in [-0.2, 0) is 6.42 Å². The van der Waals surface area contributed by atoms with E-state index in [2.05, 4.69) is 16.4 Å². The molecule has 130 valence electrons. The van der Waals surface area contributed by atoms with Crippen molar-refractivity contribution in [3.8, 4) is 17.5 Å². The normalized spacial score (nSPS) is 10.5. The molecule has 0 atom stereocenters. The summed E-state index contributed by atoms with van der Waals surface area (Å²) in [4.78, 5) is 17.7. The standard InChI is InChI=1S/C22H15N3O2/c23-12-11-15-6-1-3-8-18(15)25-22(26)17-14-20(21-10-5-13-27-21)24-19-9-4-2-7-16(17)19/h1-10,13-14H,11H2,(H,25,26). The lowest BCUT2D eigenvalue weighted by Gasteiger charge is -2.12. The maximum atomic E-state index is 13.1. The van der Waals surface area contributed by atoms with E-state index in [0.717, 1.165) is 10.9 Å². The zero-order valence-electron chi connectivity index (χ0n) is 14.3. The van der Waals surface area contributed by atoms with Crippen molar-refractivity contribution in [2.45, 2.75) is 6.42 Å². The van der Waals surface area contributed by atoms with E-state index in [-0.39, 0.29) is 12.3 Å². The fourth-order valence-electron chi connectivity index (χ4n) is 2.99. The third-order valence-corrected chi connectivity index (χ3v) is 4.27. The van der Waals surface area contributed by atoms with Gasteiger partial charge in [0.15, 0.2) is 5.76 Å². The fourth-order valence-corrected chi connectivity index (χ4v) is 2.99. The summed E-state index contributed by atoms with van der Waals surface area (Å²) in [7, 11) is 0. The predicted molar refractivity (Wildman–Crippen MR) is 103 cm³/mol. The Morgan fingerprint density at radius 1 is 1.07 bits per heavy atom. The van der Waals surface area contributed by atoms with Crippen molar-refractivity contribution in [3.05, 3.63) is 84.1 Å². The molecule has 0 aliphatic rings. The van der Waals surface area contributed by atoms with Crippen molar-refractivity contribution in [2.75, 3.05) is 5.32 Å². The molecular formula is C22H15N3O2. The van der Waals surface area contributed by atoms with E-state index in [1.54, 1.807) is 30.5 Å². The number of carbonyl (C=O) groups excluding carboxylic acids is 1. The summed E-state index contributed by atoms with van der Waals surface area (Å²) in [6.45, 7) is 0. The lowest BCUT2D eigenvalue weighted by atomic mass is 10.0. The molecule has 2 aromatic heterocycles. The Hall–Kier alpha value is -3.91. The molecule has 5 heteroatoms. The molecule has 27 heavy (non-hydrogen) atoms. The average Bonchev–Trinajstić information content (AvgIpc) is 3.23. The van der Waals surface area contributed by atoms with Gasteiger partial charge in [0.25, 0.3) is 5.91 Å². The van der Waals surface area contributed by atoms with Gasteiger partial charge in [0.2, 0.25) is 0 Å². The number of benzene rings is 2. The van der Waals surface area contributed by atoms with Gasteiger partial charge < -0.3 is 9.73 Å². The summed E-state index contributed by atoms with van der Waals surface area (Å²) in [5.74, 6) is 0.339. The fraction of sp³-hybridized carbons (Fsp3) is 0.0455. The Balaban J connectivity index is 1.79. The third kappa shape index (κ3) is 3.29. The third-order valence-electron chi connectivity index (χ3n) is 4.27. The van der Waals surface area contributed by atoms with Gasteiger partial charge in [-0.2, -0.15) is 5.26 Å². The molecule has 1 N–H and O–H groups in total. The minimum atomic E-state index is -0.258. The number of nitrogens with one attached hydrogen (secondary N) is 1. The number of furan rings is 1. The molecule has 4 aromatic rings. The zero-order chi connectivity index (χ0) is 18.6. The number of pyridine rings is 1. The molecule has 5 nitrogen and oxygen atoms in total. The van der Waals surface area contributed by atoms with Crippen molar-refractivity contribution in [1.82, 2.24) is 4.98 Å². The van der Waals surface area contributed by atoms with Gasteiger partial charge in [-0.15, -0.1) is 0 Å². The number of amides is 1. The Morgan fingerprint density at radius 2 is 1.89 bits per heavy atom. The smallest absolute Gasteiger partial charge is 0.256 e. The molecular weight excluding hydrogens is 338 g/mol. The molecule has 0 radical (unpaired) electrons. The number of hydrogen-bond acceptors (Lipinski definition) is 4. The SMILES string of the molecule is N#CCc1ccccc1NC(=O)c1cc(-c2ccco2)nc2ccccc12. The second-order valence-electron chi connectivity index (χ2n) is 6.00. The van der Waals surface area contributed by atoms with E-state index in [0.29, 0.717) is 28.2 Å². The van der Waals surface area contributed by atoms with Crippen LogP contribution in [0.15, 0.2) is 77.4 Å². The summed E-state index contributed by atoms with van der Waals surface area (Å²) in [5, 5.41) is 12.7. The van der Waals surface area contributed by atoms with Crippen LogP contribution in [-0.4, -0.2) is 10.9 Å². The van der Waals surface area contributed by atoms with Crippen molar-refractivity contribution < 1.29 is 9.21 Å². The highest BCUT2D eigenvalue weighted by atomic mass is 16.3. The maximum absolute atomic E-state index is 13.1. The van der Waals surface area contributed by atoms with Crippen LogP contribution in [0.1, 0.15) is 15.9 Å². The van der Waals surface area contributed by atoms with Crippen LogP contribution >= 0.6 is 0 Å². The number of para-hydroxylation sites is 2. The summed E-state index contributed by atoms with van der Waals surface area (Å²) in [5.41, 5.74) is 3.21. The van der Waals surface area contributed by atoms with Gasteiger partial charge >= 0.3 is 0 Å². The first-order valence-electron chi connectivity index (χ1n) is 8.46. The van der Waals surface area contributed by atoms with Crippen LogP contribution < -0.4 is 5.32 Å². The van der Waals surface area contributed by atoms with Gasteiger partial charge in [0, 0.05) is 11.1 Å². The topological polar surface area (TPSA) is 78.9 Å². The van der Waals surface area contributed by atoms with Crippen LogP contribution in [0, 0.1) is 11.3 Å². The van der Waals surface area contributed by atoms with Crippen LogP contribution in [0.3, 0.4) is 0 Å². The quantitative estimate of drug-likeness (QED) is 0.571. The van der Waals surface area contributed by atoms with Crippen LogP contribution in [0.4, 0.5) is 5.69 Å². The summed E-state index contributed by atoms with van der Waals surface area (Å²) in [6, 6.07) is 22.2. The van der Waals surface area contributed by atoms with Crippen molar-refractivity contribution in [1.29, 1.82) is 5.26 Å². The van der Waals surface area contributed by atoms with Gasteiger partial charge in [0.1, 0.15) is 5.69 Å². The molecule has 0 aliphatic heterocycles. The van der Waals surface area contributed by atoms with Crippen molar-refractivity contribution in [3.63, 3.8) is 0 Å². The lowest BCUT2D eigenvalue weighted by molar-refractivity contribution is 0.102. The summed E-state index contributed by atoms with van der Waals surface area (Å²) >= 11 is 0. The van der Waals surface area contributed by atoms with Crippen LogP contribution in [0.25, 0.3) is 22.4 Å². The molecule has 1 amide bonds. The molecule has 0 aliphatic carbocycles. The van der Waals surface area contributed by atoms with Gasteiger partial charge in [-0.1, -0.05) is 36.4 Å². The van der Waals surface area contributed by atoms with E-state index in [4.69, 9.17) is 9.68 Å².